The number of hydrogen-bond donors (Lipinski definition) is 0. The number of rotatable bonds is 21. The molecule has 260 valence electrons. The summed E-state index contributed by atoms with van der Waals surface area (Å²) >= 11 is 0. The van der Waals surface area contributed by atoms with Gasteiger partial charge in [-0.05, 0) is 86.8 Å². The summed E-state index contributed by atoms with van der Waals surface area (Å²) in [6, 6.07) is 13.8. The zero-order chi connectivity index (χ0) is 34.7. The highest BCUT2D eigenvalue weighted by Gasteiger charge is 2.22. The third-order valence-electron chi connectivity index (χ3n) is 7.90. The molecule has 0 spiro atoms. The SMILES string of the molecule is CCCCCCCCCCOc1ccc(C(=O)Oc2ccc(C(=O)Oc3ccc(C(=O)OC(C)CCCCCC)cc3)cc2)c(F)c1F. The van der Waals surface area contributed by atoms with Crippen LogP contribution in [0, 0.1) is 11.6 Å². The fourth-order valence-corrected chi connectivity index (χ4v) is 5.03. The zero-order valence-corrected chi connectivity index (χ0v) is 28.4. The van der Waals surface area contributed by atoms with Gasteiger partial charge in [0, 0.05) is 0 Å². The molecule has 0 N–H and O–H groups in total. The van der Waals surface area contributed by atoms with Crippen molar-refractivity contribution >= 4 is 17.9 Å². The standard InChI is InChI=1S/C39H48F2O7/c1-4-6-8-10-11-12-13-15-27-45-34-26-25-33(35(40)36(34)41)39(44)48-32-23-19-30(20-24-32)38(43)47-31-21-17-29(18-22-31)37(42)46-28(3)16-14-9-7-5-2/h17-26,28H,4-16,27H2,1-3H3. The van der Waals surface area contributed by atoms with Crippen molar-refractivity contribution in [3.63, 3.8) is 0 Å². The number of carbonyl (C=O) groups excluding carboxylic acids is 3. The molecule has 48 heavy (non-hydrogen) atoms. The number of carbonyl (C=O) groups is 3. The Morgan fingerprint density at radius 3 is 1.67 bits per heavy atom. The summed E-state index contributed by atoms with van der Waals surface area (Å²) in [5.41, 5.74) is -0.0757. The Kier molecular flexibility index (Phi) is 16.6. The van der Waals surface area contributed by atoms with E-state index < -0.39 is 35.1 Å². The molecule has 0 fully saturated rings. The van der Waals surface area contributed by atoms with Crippen molar-refractivity contribution < 1.29 is 42.1 Å². The summed E-state index contributed by atoms with van der Waals surface area (Å²) in [6.07, 6.45) is 13.8. The van der Waals surface area contributed by atoms with Gasteiger partial charge < -0.3 is 18.9 Å². The molecule has 0 aromatic heterocycles. The fraction of sp³-hybridized carbons (Fsp3) is 0.462. The summed E-state index contributed by atoms with van der Waals surface area (Å²) in [4.78, 5) is 37.7. The Labute approximate surface area is 282 Å². The molecule has 0 heterocycles. The maximum atomic E-state index is 14.7. The van der Waals surface area contributed by atoms with Gasteiger partial charge >= 0.3 is 17.9 Å². The molecule has 9 heteroatoms. The van der Waals surface area contributed by atoms with Gasteiger partial charge in [0.15, 0.2) is 11.6 Å². The Balaban J connectivity index is 1.45. The minimum atomic E-state index is -1.36. The molecule has 0 aliphatic carbocycles. The Hall–Kier alpha value is -4.27. The predicted octanol–water partition coefficient (Wildman–Crippen LogP) is 10.4. The van der Waals surface area contributed by atoms with Crippen LogP contribution in [0.25, 0.3) is 0 Å². The van der Waals surface area contributed by atoms with Gasteiger partial charge in [-0.3, -0.25) is 0 Å². The number of ether oxygens (including phenoxy) is 4. The van der Waals surface area contributed by atoms with Crippen molar-refractivity contribution in [2.45, 2.75) is 110 Å². The topological polar surface area (TPSA) is 88.1 Å². The van der Waals surface area contributed by atoms with Crippen LogP contribution in [0.15, 0.2) is 60.7 Å². The number of esters is 3. The Bertz CT molecular complexity index is 1440. The first-order chi connectivity index (χ1) is 23.2. The van der Waals surface area contributed by atoms with Crippen molar-refractivity contribution in [2.24, 2.45) is 0 Å². The minimum absolute atomic E-state index is 0.0221. The van der Waals surface area contributed by atoms with Crippen molar-refractivity contribution in [3.8, 4) is 17.2 Å². The Morgan fingerprint density at radius 1 is 0.583 bits per heavy atom. The molecule has 3 aromatic carbocycles. The second-order valence-corrected chi connectivity index (χ2v) is 12.0. The average molecular weight is 667 g/mol. The normalized spacial score (nSPS) is 11.5. The number of halogens is 2. The van der Waals surface area contributed by atoms with Crippen LogP contribution in [0.4, 0.5) is 8.78 Å². The quantitative estimate of drug-likeness (QED) is 0.0635. The molecule has 0 saturated heterocycles. The lowest BCUT2D eigenvalue weighted by Gasteiger charge is -2.13. The molecule has 0 aliphatic heterocycles. The highest BCUT2D eigenvalue weighted by molar-refractivity contribution is 5.93. The molecule has 0 amide bonds. The molecular formula is C39H48F2O7. The van der Waals surface area contributed by atoms with Gasteiger partial charge in [0.25, 0.3) is 0 Å². The maximum Gasteiger partial charge on any atom is 0.346 e. The van der Waals surface area contributed by atoms with E-state index >= 15 is 0 Å². The van der Waals surface area contributed by atoms with Gasteiger partial charge in [-0.2, -0.15) is 4.39 Å². The van der Waals surface area contributed by atoms with E-state index in [0.29, 0.717) is 5.56 Å². The molecular weight excluding hydrogens is 618 g/mol. The average Bonchev–Trinajstić information content (AvgIpc) is 3.08. The lowest BCUT2D eigenvalue weighted by atomic mass is 10.1. The minimum Gasteiger partial charge on any atom is -0.490 e. The van der Waals surface area contributed by atoms with Crippen molar-refractivity contribution in [1.82, 2.24) is 0 Å². The van der Waals surface area contributed by atoms with Crippen LogP contribution < -0.4 is 14.2 Å². The van der Waals surface area contributed by atoms with Crippen LogP contribution in [0.1, 0.15) is 135 Å². The first-order valence-electron chi connectivity index (χ1n) is 17.2. The summed E-state index contributed by atoms with van der Waals surface area (Å²) in [6.45, 7) is 6.45. The van der Waals surface area contributed by atoms with E-state index in [1.54, 1.807) is 0 Å². The van der Waals surface area contributed by atoms with Crippen molar-refractivity contribution in [3.05, 3.63) is 89.0 Å². The summed E-state index contributed by atoms with van der Waals surface area (Å²) in [5, 5.41) is 0. The lowest BCUT2D eigenvalue weighted by molar-refractivity contribution is 0.0319. The maximum absolute atomic E-state index is 14.7. The number of hydrogen-bond acceptors (Lipinski definition) is 7. The molecule has 0 aliphatic rings. The monoisotopic (exact) mass is 666 g/mol. The van der Waals surface area contributed by atoms with Gasteiger partial charge in [0.2, 0.25) is 5.82 Å². The van der Waals surface area contributed by atoms with E-state index in [-0.39, 0.29) is 35.5 Å². The lowest BCUT2D eigenvalue weighted by Crippen LogP contribution is -2.15. The number of benzene rings is 3. The third-order valence-corrected chi connectivity index (χ3v) is 7.90. The van der Waals surface area contributed by atoms with Gasteiger partial charge in [-0.15, -0.1) is 0 Å². The first-order valence-corrected chi connectivity index (χ1v) is 17.2. The van der Waals surface area contributed by atoms with E-state index in [2.05, 4.69) is 13.8 Å². The summed E-state index contributed by atoms with van der Waals surface area (Å²) < 4.78 is 50.8. The van der Waals surface area contributed by atoms with Crippen molar-refractivity contribution in [1.29, 1.82) is 0 Å². The molecule has 0 radical (unpaired) electrons. The highest BCUT2D eigenvalue weighted by Crippen LogP contribution is 2.25. The van der Waals surface area contributed by atoms with Crippen LogP contribution in [-0.2, 0) is 4.74 Å². The zero-order valence-electron chi connectivity index (χ0n) is 28.4. The summed E-state index contributed by atoms with van der Waals surface area (Å²) in [7, 11) is 0. The smallest absolute Gasteiger partial charge is 0.346 e. The van der Waals surface area contributed by atoms with Crippen molar-refractivity contribution in [2.75, 3.05) is 6.61 Å². The van der Waals surface area contributed by atoms with Gasteiger partial charge in [0.1, 0.15) is 11.5 Å². The second kappa shape index (κ2) is 20.9. The highest BCUT2D eigenvalue weighted by atomic mass is 19.2. The van der Waals surface area contributed by atoms with Gasteiger partial charge in [-0.25, -0.2) is 18.8 Å². The van der Waals surface area contributed by atoms with Crippen LogP contribution in [0.3, 0.4) is 0 Å². The van der Waals surface area contributed by atoms with E-state index in [0.717, 1.165) is 63.9 Å². The molecule has 3 aromatic rings. The van der Waals surface area contributed by atoms with E-state index in [1.807, 2.05) is 6.92 Å². The van der Waals surface area contributed by atoms with Crippen LogP contribution in [0.5, 0.6) is 17.2 Å². The van der Waals surface area contributed by atoms with Crippen LogP contribution in [0.2, 0.25) is 0 Å². The second-order valence-electron chi connectivity index (χ2n) is 12.0. The van der Waals surface area contributed by atoms with Crippen LogP contribution in [-0.4, -0.2) is 30.6 Å². The van der Waals surface area contributed by atoms with E-state index in [4.69, 9.17) is 18.9 Å². The number of unbranched alkanes of at least 4 members (excludes halogenated alkanes) is 10. The molecule has 1 atom stereocenters. The molecule has 0 bridgehead atoms. The summed E-state index contributed by atoms with van der Waals surface area (Å²) in [5.74, 6) is -4.84. The van der Waals surface area contributed by atoms with Gasteiger partial charge in [0.05, 0.1) is 29.4 Å². The predicted molar refractivity (Wildman–Crippen MR) is 181 cm³/mol. The van der Waals surface area contributed by atoms with E-state index in [1.165, 1.54) is 80.3 Å². The molecule has 1 unspecified atom stereocenters. The first kappa shape index (κ1) is 38.2. The third kappa shape index (κ3) is 12.7. The molecule has 3 rings (SSSR count). The fourth-order valence-electron chi connectivity index (χ4n) is 5.03. The Morgan fingerprint density at radius 2 is 1.08 bits per heavy atom. The largest absolute Gasteiger partial charge is 0.490 e. The van der Waals surface area contributed by atoms with Crippen LogP contribution >= 0.6 is 0 Å². The van der Waals surface area contributed by atoms with Gasteiger partial charge in [-0.1, -0.05) is 78.1 Å². The molecule has 7 nitrogen and oxygen atoms in total. The molecule has 0 saturated carbocycles. The van der Waals surface area contributed by atoms with E-state index in [9.17, 15) is 23.2 Å².